The van der Waals surface area contributed by atoms with Gasteiger partial charge in [0, 0.05) is 6.42 Å². The Kier molecular flexibility index (Phi) is 2.32. The minimum Gasteiger partial charge on any atom is -0.467 e. The average molecular weight is 173 g/mol. The van der Waals surface area contributed by atoms with E-state index in [2.05, 4.69) is 9.89 Å². The Balaban J connectivity index is 2.70. The van der Waals surface area contributed by atoms with Crippen molar-refractivity contribution in [3.8, 4) is 0 Å². The summed E-state index contributed by atoms with van der Waals surface area (Å²) in [6.45, 7) is 1.79. The second kappa shape index (κ2) is 3.10. The second-order valence-electron chi connectivity index (χ2n) is 2.85. The number of carbonyl (C=O) groups is 1. The highest BCUT2D eigenvalue weighted by atomic mass is 16.6. The summed E-state index contributed by atoms with van der Waals surface area (Å²) >= 11 is 0. The fraction of sp³-hybridized carbons (Fsp3) is 0.714. The van der Waals surface area contributed by atoms with Crippen molar-refractivity contribution in [1.29, 1.82) is 0 Å². The molecule has 1 saturated heterocycles. The molecular formula is C7H11NO4. The fourth-order valence-electron chi connectivity index (χ4n) is 1.15. The van der Waals surface area contributed by atoms with Crippen molar-refractivity contribution in [3.05, 3.63) is 0 Å². The van der Waals surface area contributed by atoms with Gasteiger partial charge in [0.05, 0.1) is 19.4 Å². The maximum Gasteiger partial charge on any atom is 0.338 e. The minimum atomic E-state index is -0.976. The van der Waals surface area contributed by atoms with Crippen LogP contribution in [0.1, 0.15) is 13.3 Å². The van der Waals surface area contributed by atoms with E-state index < -0.39 is 11.6 Å². The zero-order valence-electron chi connectivity index (χ0n) is 7.03. The van der Waals surface area contributed by atoms with Gasteiger partial charge >= 0.3 is 5.97 Å². The first-order valence-electron chi connectivity index (χ1n) is 3.54. The zero-order valence-corrected chi connectivity index (χ0v) is 7.03. The smallest absolute Gasteiger partial charge is 0.338 e. The minimum absolute atomic E-state index is 0.183. The van der Waals surface area contributed by atoms with Crippen LogP contribution in [0.5, 0.6) is 0 Å². The molecule has 5 heteroatoms. The van der Waals surface area contributed by atoms with Gasteiger partial charge in [0.1, 0.15) is 0 Å². The molecule has 12 heavy (non-hydrogen) atoms. The molecule has 0 aromatic carbocycles. The third-order valence-corrected chi connectivity index (χ3v) is 1.86. The molecule has 68 valence electrons. The van der Waals surface area contributed by atoms with Gasteiger partial charge in [-0.15, -0.1) is 0 Å². The van der Waals surface area contributed by atoms with Crippen molar-refractivity contribution in [2.75, 3.05) is 13.7 Å². The first kappa shape index (κ1) is 8.99. The van der Waals surface area contributed by atoms with Crippen LogP contribution in [-0.2, 0) is 14.3 Å². The Hall–Kier alpha value is -1.10. The molecule has 0 amide bonds. The lowest BCUT2D eigenvalue weighted by Crippen LogP contribution is -2.35. The predicted molar refractivity (Wildman–Crippen MR) is 40.2 cm³/mol. The van der Waals surface area contributed by atoms with E-state index in [0.717, 1.165) is 0 Å². The van der Waals surface area contributed by atoms with Crippen LogP contribution < -0.4 is 0 Å². The molecule has 1 aliphatic heterocycles. The Labute approximate surface area is 70.0 Å². The summed E-state index contributed by atoms with van der Waals surface area (Å²) in [6, 6.07) is 0. The van der Waals surface area contributed by atoms with Gasteiger partial charge in [-0.1, -0.05) is 5.16 Å². The van der Waals surface area contributed by atoms with Crippen LogP contribution in [0, 0.1) is 0 Å². The molecule has 1 atom stereocenters. The molecule has 0 saturated carbocycles. The first-order valence-corrected chi connectivity index (χ1v) is 3.54. The maximum atomic E-state index is 11.1. The first-order chi connectivity index (χ1) is 5.62. The summed E-state index contributed by atoms with van der Waals surface area (Å²) < 4.78 is 9.66. The molecule has 5 nitrogen and oxygen atoms in total. The monoisotopic (exact) mass is 173 g/mol. The molecule has 1 rings (SSSR count). The Morgan fingerprint density at radius 1 is 1.83 bits per heavy atom. The highest BCUT2D eigenvalue weighted by Gasteiger charge is 2.42. The summed E-state index contributed by atoms with van der Waals surface area (Å²) in [7, 11) is 1.30. The van der Waals surface area contributed by atoms with Crippen molar-refractivity contribution < 1.29 is 19.5 Å². The predicted octanol–water partition coefficient (Wildman–Crippen LogP) is 0.169. The molecule has 1 heterocycles. The van der Waals surface area contributed by atoms with E-state index in [1.807, 2.05) is 0 Å². The van der Waals surface area contributed by atoms with Crippen molar-refractivity contribution in [2.24, 2.45) is 5.16 Å². The summed E-state index contributed by atoms with van der Waals surface area (Å²) in [5, 5.41) is 11.4. The van der Waals surface area contributed by atoms with Crippen LogP contribution in [0.25, 0.3) is 0 Å². The molecule has 1 N–H and O–H groups in total. The van der Waals surface area contributed by atoms with Gasteiger partial charge in [-0.05, 0) is 6.92 Å². The molecule has 0 aromatic heterocycles. The van der Waals surface area contributed by atoms with Gasteiger partial charge in [0.25, 0.3) is 0 Å². The lowest BCUT2D eigenvalue weighted by molar-refractivity contribution is -0.161. The molecule has 0 aromatic rings. The zero-order chi connectivity index (χ0) is 9.19. The Bertz CT molecular complexity index is 225. The summed E-state index contributed by atoms with van der Waals surface area (Å²) in [5.74, 6) is -0.443. The molecule has 0 aliphatic carbocycles. The molecule has 1 fully saturated rings. The van der Waals surface area contributed by atoms with Gasteiger partial charge in [0.2, 0.25) is 0 Å². The van der Waals surface area contributed by atoms with Crippen LogP contribution in [0.2, 0.25) is 0 Å². The highest BCUT2D eigenvalue weighted by Crippen LogP contribution is 2.24. The Morgan fingerprint density at radius 3 is 2.92 bits per heavy atom. The number of ether oxygens (including phenoxy) is 2. The average Bonchev–Trinajstić information content (AvgIpc) is 2.47. The van der Waals surface area contributed by atoms with Gasteiger partial charge in [0.15, 0.2) is 5.60 Å². The lowest BCUT2D eigenvalue weighted by Gasteiger charge is -2.18. The molecule has 0 unspecified atom stereocenters. The lowest BCUT2D eigenvalue weighted by atomic mass is 10.0. The van der Waals surface area contributed by atoms with Crippen LogP contribution in [0.15, 0.2) is 5.16 Å². The van der Waals surface area contributed by atoms with Crippen molar-refractivity contribution in [1.82, 2.24) is 0 Å². The van der Waals surface area contributed by atoms with Crippen LogP contribution in [0.3, 0.4) is 0 Å². The maximum absolute atomic E-state index is 11.1. The summed E-state index contributed by atoms with van der Waals surface area (Å²) in [5.41, 5.74) is -0.515. The van der Waals surface area contributed by atoms with E-state index in [0.29, 0.717) is 5.71 Å². The quantitative estimate of drug-likeness (QED) is 0.348. The van der Waals surface area contributed by atoms with Crippen molar-refractivity contribution in [2.45, 2.75) is 18.9 Å². The van der Waals surface area contributed by atoms with E-state index in [4.69, 9.17) is 9.94 Å². The van der Waals surface area contributed by atoms with Gasteiger partial charge in [-0.2, -0.15) is 0 Å². The summed E-state index contributed by atoms with van der Waals surface area (Å²) in [6.07, 6.45) is 0.288. The topological polar surface area (TPSA) is 68.1 Å². The van der Waals surface area contributed by atoms with E-state index >= 15 is 0 Å². The number of carbonyl (C=O) groups excluding carboxylic acids is 1. The van der Waals surface area contributed by atoms with E-state index in [1.165, 1.54) is 7.11 Å². The molecule has 0 radical (unpaired) electrons. The summed E-state index contributed by atoms with van der Waals surface area (Å²) in [4.78, 5) is 11.1. The van der Waals surface area contributed by atoms with Gasteiger partial charge in [-0.25, -0.2) is 4.79 Å². The Morgan fingerprint density at radius 2 is 2.50 bits per heavy atom. The van der Waals surface area contributed by atoms with Crippen LogP contribution in [0.4, 0.5) is 0 Å². The largest absolute Gasteiger partial charge is 0.467 e. The third-order valence-electron chi connectivity index (χ3n) is 1.86. The second-order valence-corrected chi connectivity index (χ2v) is 2.85. The number of hydrogen-bond acceptors (Lipinski definition) is 5. The van der Waals surface area contributed by atoms with Crippen LogP contribution >= 0.6 is 0 Å². The SMILES string of the molecule is COC(=O)[C@]1(C)C/C(=N\O)CO1. The molecule has 0 bridgehead atoms. The fourth-order valence-corrected chi connectivity index (χ4v) is 1.15. The van der Waals surface area contributed by atoms with Gasteiger partial charge in [-0.3, -0.25) is 0 Å². The van der Waals surface area contributed by atoms with E-state index in [1.54, 1.807) is 6.92 Å². The van der Waals surface area contributed by atoms with Crippen molar-refractivity contribution >= 4 is 11.7 Å². The molecule has 1 aliphatic rings. The third kappa shape index (κ3) is 1.40. The number of oxime groups is 1. The van der Waals surface area contributed by atoms with Crippen molar-refractivity contribution in [3.63, 3.8) is 0 Å². The van der Waals surface area contributed by atoms with E-state index in [-0.39, 0.29) is 13.0 Å². The number of hydrogen-bond donors (Lipinski definition) is 1. The molecular weight excluding hydrogens is 162 g/mol. The number of esters is 1. The standard InChI is InChI=1S/C7H11NO4/c1-7(6(9)11-2)3-5(8-10)4-12-7/h10H,3-4H2,1-2H3/b8-5+/t7-/m0/s1. The van der Waals surface area contributed by atoms with Gasteiger partial charge < -0.3 is 14.7 Å². The number of methoxy groups -OCH3 is 1. The molecule has 0 spiro atoms. The normalized spacial score (nSPS) is 32.3. The van der Waals surface area contributed by atoms with E-state index in [9.17, 15) is 4.79 Å². The number of rotatable bonds is 1. The van der Waals surface area contributed by atoms with Crippen LogP contribution in [-0.4, -0.2) is 36.2 Å². The highest BCUT2D eigenvalue weighted by molar-refractivity contribution is 5.95. The number of nitrogens with zero attached hydrogens (tertiary/aromatic N) is 1.